The summed E-state index contributed by atoms with van der Waals surface area (Å²) >= 11 is 0. The minimum atomic E-state index is -3.47. The van der Waals surface area contributed by atoms with E-state index in [1.54, 1.807) is 24.3 Å². The first-order valence-electron chi connectivity index (χ1n) is 8.46. The van der Waals surface area contributed by atoms with Gasteiger partial charge in [-0.05, 0) is 56.8 Å². The van der Waals surface area contributed by atoms with E-state index in [9.17, 15) is 8.42 Å². The molecule has 0 heterocycles. The molecule has 0 unspecified atom stereocenters. The number of nitrogens with zero attached hydrogens (tertiary/aromatic N) is 1. The zero-order chi connectivity index (χ0) is 18.1. The van der Waals surface area contributed by atoms with E-state index in [-0.39, 0.29) is 4.90 Å². The van der Waals surface area contributed by atoms with E-state index < -0.39 is 10.0 Å². The summed E-state index contributed by atoms with van der Waals surface area (Å²) in [6.45, 7) is 4.53. The highest BCUT2D eigenvalue weighted by Crippen LogP contribution is 2.15. The van der Waals surface area contributed by atoms with Crippen LogP contribution in [0.25, 0.3) is 0 Å². The van der Waals surface area contributed by atoms with Gasteiger partial charge in [-0.15, -0.1) is 0 Å². The van der Waals surface area contributed by atoms with Gasteiger partial charge in [-0.2, -0.15) is 0 Å². The molecule has 2 aromatic carbocycles. The molecule has 1 N–H and O–H groups in total. The Morgan fingerprint density at radius 2 is 1.72 bits per heavy atom. The second kappa shape index (κ2) is 9.56. The number of hydrogen-bond acceptors (Lipinski definition) is 4. The number of sulfonamides is 1. The van der Waals surface area contributed by atoms with Crippen LogP contribution < -0.4 is 9.46 Å². The number of benzene rings is 2. The Kier molecular flexibility index (Phi) is 7.43. The molecule has 0 bridgehead atoms. The van der Waals surface area contributed by atoms with E-state index in [1.165, 1.54) is 5.56 Å². The maximum Gasteiger partial charge on any atom is 0.240 e. The lowest BCUT2D eigenvalue weighted by Crippen LogP contribution is -2.28. The molecule has 0 aliphatic carbocycles. The highest BCUT2D eigenvalue weighted by atomic mass is 32.2. The molecule has 0 radical (unpaired) electrons. The summed E-state index contributed by atoms with van der Waals surface area (Å²) in [7, 11) is -1.44. The van der Waals surface area contributed by atoms with Gasteiger partial charge >= 0.3 is 0 Å². The predicted molar refractivity (Wildman–Crippen MR) is 100 cm³/mol. The number of nitrogens with one attached hydrogen (secondary N) is 1. The molecule has 0 atom stereocenters. The standard InChI is InChI=1S/C19H26N2O3S/c1-3-24-18-10-12-19(13-11-18)25(22,23)20-14-7-15-21(2)16-17-8-5-4-6-9-17/h4-6,8-13,20H,3,7,14-16H2,1-2H3. The van der Waals surface area contributed by atoms with Gasteiger partial charge in [0.15, 0.2) is 0 Å². The van der Waals surface area contributed by atoms with Gasteiger partial charge in [0, 0.05) is 13.1 Å². The quantitative estimate of drug-likeness (QED) is 0.660. The van der Waals surface area contributed by atoms with E-state index in [1.807, 2.05) is 32.2 Å². The second-order valence-corrected chi connectivity index (χ2v) is 7.65. The van der Waals surface area contributed by atoms with Crippen molar-refractivity contribution in [2.75, 3.05) is 26.7 Å². The molecule has 0 saturated carbocycles. The lowest BCUT2D eigenvalue weighted by Gasteiger charge is -2.16. The van der Waals surface area contributed by atoms with Crippen LogP contribution in [-0.2, 0) is 16.6 Å². The van der Waals surface area contributed by atoms with E-state index in [2.05, 4.69) is 21.8 Å². The summed E-state index contributed by atoms with van der Waals surface area (Å²) in [6, 6.07) is 16.7. The smallest absolute Gasteiger partial charge is 0.240 e. The molecule has 0 fully saturated rings. The highest BCUT2D eigenvalue weighted by Gasteiger charge is 2.13. The van der Waals surface area contributed by atoms with Crippen molar-refractivity contribution < 1.29 is 13.2 Å². The van der Waals surface area contributed by atoms with Crippen molar-refractivity contribution in [3.05, 3.63) is 60.2 Å². The van der Waals surface area contributed by atoms with Crippen molar-refractivity contribution in [1.82, 2.24) is 9.62 Å². The third-order valence-electron chi connectivity index (χ3n) is 3.75. The Labute approximate surface area is 150 Å². The van der Waals surface area contributed by atoms with Gasteiger partial charge in [0.1, 0.15) is 5.75 Å². The van der Waals surface area contributed by atoms with Gasteiger partial charge in [0.05, 0.1) is 11.5 Å². The minimum absolute atomic E-state index is 0.258. The molecule has 2 aromatic rings. The molecule has 2 rings (SSSR count). The summed E-state index contributed by atoms with van der Waals surface area (Å²) in [5.41, 5.74) is 1.25. The van der Waals surface area contributed by atoms with E-state index >= 15 is 0 Å². The molecular weight excluding hydrogens is 336 g/mol. The van der Waals surface area contributed by atoms with Gasteiger partial charge in [0.25, 0.3) is 0 Å². The molecule has 0 amide bonds. The highest BCUT2D eigenvalue weighted by molar-refractivity contribution is 7.89. The molecule has 5 nitrogen and oxygen atoms in total. The van der Waals surface area contributed by atoms with Crippen molar-refractivity contribution in [2.24, 2.45) is 0 Å². The Balaban J connectivity index is 1.76. The van der Waals surface area contributed by atoms with Crippen LogP contribution in [0.5, 0.6) is 5.75 Å². The first kappa shape index (κ1) is 19.4. The van der Waals surface area contributed by atoms with Crippen LogP contribution in [0.15, 0.2) is 59.5 Å². The topological polar surface area (TPSA) is 58.6 Å². The van der Waals surface area contributed by atoms with E-state index in [0.717, 1.165) is 19.5 Å². The fourth-order valence-corrected chi connectivity index (χ4v) is 3.57. The summed E-state index contributed by atoms with van der Waals surface area (Å²) in [5, 5.41) is 0. The lowest BCUT2D eigenvalue weighted by atomic mass is 10.2. The summed E-state index contributed by atoms with van der Waals surface area (Å²) in [6.07, 6.45) is 0.750. The van der Waals surface area contributed by atoms with Gasteiger partial charge in [0.2, 0.25) is 10.0 Å². The minimum Gasteiger partial charge on any atom is -0.494 e. The molecule has 0 saturated heterocycles. The largest absolute Gasteiger partial charge is 0.494 e. The van der Waals surface area contributed by atoms with Gasteiger partial charge < -0.3 is 9.64 Å². The summed E-state index contributed by atoms with van der Waals surface area (Å²) in [5.74, 6) is 0.670. The maximum atomic E-state index is 12.3. The van der Waals surface area contributed by atoms with Crippen molar-refractivity contribution in [1.29, 1.82) is 0 Å². The fourth-order valence-electron chi connectivity index (χ4n) is 2.49. The third kappa shape index (κ3) is 6.49. The van der Waals surface area contributed by atoms with Crippen LogP contribution in [0.3, 0.4) is 0 Å². The Morgan fingerprint density at radius 1 is 1.04 bits per heavy atom. The summed E-state index contributed by atoms with van der Waals surface area (Å²) < 4.78 is 32.5. The fraction of sp³-hybridized carbons (Fsp3) is 0.368. The summed E-state index contributed by atoms with van der Waals surface area (Å²) in [4.78, 5) is 2.44. The first-order chi connectivity index (χ1) is 12.0. The molecule has 0 aliphatic heterocycles. The zero-order valence-corrected chi connectivity index (χ0v) is 15.6. The molecule has 25 heavy (non-hydrogen) atoms. The van der Waals surface area contributed by atoms with Crippen molar-refractivity contribution in [2.45, 2.75) is 24.8 Å². The van der Waals surface area contributed by atoms with Crippen LogP contribution in [0.4, 0.5) is 0 Å². The molecule has 0 spiro atoms. The van der Waals surface area contributed by atoms with E-state index in [4.69, 9.17) is 4.74 Å². The number of ether oxygens (including phenoxy) is 1. The van der Waals surface area contributed by atoms with Gasteiger partial charge in [-0.25, -0.2) is 13.1 Å². The molecule has 6 heteroatoms. The Morgan fingerprint density at radius 3 is 2.36 bits per heavy atom. The van der Waals surface area contributed by atoms with Crippen LogP contribution >= 0.6 is 0 Å². The lowest BCUT2D eigenvalue weighted by molar-refractivity contribution is 0.322. The maximum absolute atomic E-state index is 12.3. The molecule has 136 valence electrons. The third-order valence-corrected chi connectivity index (χ3v) is 5.23. The molecule has 0 aromatic heterocycles. The zero-order valence-electron chi connectivity index (χ0n) is 14.8. The monoisotopic (exact) mass is 362 g/mol. The predicted octanol–water partition coefficient (Wildman–Crippen LogP) is 2.89. The van der Waals surface area contributed by atoms with Crippen LogP contribution in [-0.4, -0.2) is 40.1 Å². The Bertz CT molecular complexity index is 731. The first-order valence-corrected chi connectivity index (χ1v) is 9.94. The average Bonchev–Trinajstić information content (AvgIpc) is 2.60. The van der Waals surface area contributed by atoms with Crippen LogP contribution in [0, 0.1) is 0 Å². The van der Waals surface area contributed by atoms with Gasteiger partial charge in [-0.1, -0.05) is 30.3 Å². The SMILES string of the molecule is CCOc1ccc(S(=O)(=O)NCCCN(C)Cc2ccccc2)cc1. The van der Waals surface area contributed by atoms with Crippen LogP contribution in [0.2, 0.25) is 0 Å². The van der Waals surface area contributed by atoms with Crippen molar-refractivity contribution in [3.8, 4) is 5.75 Å². The normalized spacial score (nSPS) is 11.6. The average molecular weight is 362 g/mol. The number of hydrogen-bond donors (Lipinski definition) is 1. The van der Waals surface area contributed by atoms with Crippen LogP contribution in [0.1, 0.15) is 18.9 Å². The van der Waals surface area contributed by atoms with Crippen molar-refractivity contribution >= 4 is 10.0 Å². The van der Waals surface area contributed by atoms with E-state index in [0.29, 0.717) is 18.9 Å². The second-order valence-electron chi connectivity index (χ2n) is 5.88. The van der Waals surface area contributed by atoms with Gasteiger partial charge in [-0.3, -0.25) is 0 Å². The Hall–Kier alpha value is -1.89. The van der Waals surface area contributed by atoms with Crippen molar-refractivity contribution in [3.63, 3.8) is 0 Å². The number of rotatable bonds is 10. The molecular formula is C19H26N2O3S. The molecule has 0 aliphatic rings.